The number of aliphatic hydroxyl groups is 1. The van der Waals surface area contributed by atoms with Crippen LogP contribution in [0.1, 0.15) is 125 Å². The highest BCUT2D eigenvalue weighted by Crippen LogP contribution is 2.35. The fourth-order valence-corrected chi connectivity index (χ4v) is 3.69. The van der Waals surface area contributed by atoms with Crippen molar-refractivity contribution in [3.8, 4) is 0 Å². The molecule has 0 spiro atoms. The summed E-state index contributed by atoms with van der Waals surface area (Å²) < 4.78 is 33.0. The molecular formula is C30H62O6. The summed E-state index contributed by atoms with van der Waals surface area (Å²) in [5, 5.41) is 11.7. The molecule has 6 heteroatoms. The summed E-state index contributed by atoms with van der Waals surface area (Å²) in [7, 11) is 0. The van der Waals surface area contributed by atoms with Gasteiger partial charge in [0.05, 0.1) is 40.7 Å². The predicted molar refractivity (Wildman–Crippen MR) is 150 cm³/mol. The van der Waals surface area contributed by atoms with Crippen LogP contribution < -0.4 is 0 Å². The van der Waals surface area contributed by atoms with Crippen molar-refractivity contribution in [3.63, 3.8) is 0 Å². The summed E-state index contributed by atoms with van der Waals surface area (Å²) in [6, 6.07) is 0. The lowest BCUT2D eigenvalue weighted by Gasteiger charge is -2.48. The largest absolute Gasteiger partial charge is 0.390 e. The summed E-state index contributed by atoms with van der Waals surface area (Å²) in [4.78, 5) is 0. The van der Waals surface area contributed by atoms with Crippen LogP contribution in [0.2, 0.25) is 0 Å². The minimum Gasteiger partial charge on any atom is -0.390 e. The SMILES string of the molecule is CC(C)(C)OCC(OC(C)(C)C)C(OC(C)(C)C)C(OC(C)(C)C)C(OC(C)(C)C)C(O)C(C)(C)C. The molecule has 0 rings (SSSR count). The van der Waals surface area contributed by atoms with E-state index in [1.54, 1.807) is 0 Å². The van der Waals surface area contributed by atoms with Crippen LogP contribution in [0.5, 0.6) is 0 Å². The molecule has 0 aromatic heterocycles. The third kappa shape index (κ3) is 15.9. The molecule has 0 saturated carbocycles. The molecule has 0 heterocycles. The molecule has 5 unspecified atom stereocenters. The molecule has 0 aliphatic carbocycles. The Labute approximate surface area is 224 Å². The van der Waals surface area contributed by atoms with Crippen molar-refractivity contribution < 1.29 is 28.8 Å². The fourth-order valence-electron chi connectivity index (χ4n) is 3.69. The van der Waals surface area contributed by atoms with E-state index in [4.69, 9.17) is 23.7 Å². The van der Waals surface area contributed by atoms with E-state index in [1.165, 1.54) is 0 Å². The topological polar surface area (TPSA) is 66.4 Å². The van der Waals surface area contributed by atoms with E-state index in [0.717, 1.165) is 0 Å². The van der Waals surface area contributed by atoms with Crippen LogP contribution in [0, 0.1) is 5.41 Å². The summed E-state index contributed by atoms with van der Waals surface area (Å²) in [5.41, 5.74) is -2.84. The van der Waals surface area contributed by atoms with Gasteiger partial charge >= 0.3 is 0 Å². The second-order valence-corrected chi connectivity index (χ2v) is 16.1. The Morgan fingerprint density at radius 3 is 1.08 bits per heavy atom. The van der Waals surface area contributed by atoms with Gasteiger partial charge in [-0.25, -0.2) is 0 Å². The van der Waals surface area contributed by atoms with Gasteiger partial charge < -0.3 is 28.8 Å². The van der Waals surface area contributed by atoms with E-state index < -0.39 is 58.3 Å². The zero-order chi connectivity index (χ0) is 29.1. The van der Waals surface area contributed by atoms with Crippen molar-refractivity contribution in [1.82, 2.24) is 0 Å². The van der Waals surface area contributed by atoms with Gasteiger partial charge in [-0.15, -0.1) is 0 Å². The van der Waals surface area contributed by atoms with E-state index in [-0.39, 0.29) is 5.60 Å². The maximum Gasteiger partial charge on any atom is 0.116 e. The van der Waals surface area contributed by atoms with Gasteiger partial charge in [0.25, 0.3) is 0 Å². The van der Waals surface area contributed by atoms with Crippen molar-refractivity contribution >= 4 is 0 Å². The molecule has 218 valence electrons. The molecule has 0 aromatic rings. The smallest absolute Gasteiger partial charge is 0.116 e. The Hall–Kier alpha value is -0.240. The molecule has 6 nitrogen and oxygen atoms in total. The molecule has 0 saturated heterocycles. The van der Waals surface area contributed by atoms with E-state index in [1.807, 2.05) is 125 Å². The number of hydrogen-bond donors (Lipinski definition) is 1. The van der Waals surface area contributed by atoms with Crippen LogP contribution in [0.3, 0.4) is 0 Å². The molecule has 0 radical (unpaired) electrons. The lowest BCUT2D eigenvalue weighted by Crippen LogP contribution is -2.61. The summed E-state index contributed by atoms with van der Waals surface area (Å²) >= 11 is 0. The third-order valence-electron chi connectivity index (χ3n) is 4.87. The molecule has 0 fully saturated rings. The van der Waals surface area contributed by atoms with E-state index in [9.17, 15) is 5.11 Å². The second kappa shape index (κ2) is 12.3. The van der Waals surface area contributed by atoms with Crippen LogP contribution in [0.4, 0.5) is 0 Å². The van der Waals surface area contributed by atoms with E-state index >= 15 is 0 Å². The number of rotatable bonds is 10. The van der Waals surface area contributed by atoms with Gasteiger partial charge in [0.1, 0.15) is 24.4 Å². The number of hydrogen-bond acceptors (Lipinski definition) is 6. The van der Waals surface area contributed by atoms with Gasteiger partial charge in [-0.3, -0.25) is 0 Å². The molecule has 0 aliphatic rings. The first-order valence-electron chi connectivity index (χ1n) is 13.5. The van der Waals surface area contributed by atoms with Crippen LogP contribution in [-0.2, 0) is 23.7 Å². The fraction of sp³-hybridized carbons (Fsp3) is 1.00. The molecule has 0 bridgehead atoms. The van der Waals surface area contributed by atoms with Gasteiger partial charge in [0.2, 0.25) is 0 Å². The third-order valence-corrected chi connectivity index (χ3v) is 4.87. The van der Waals surface area contributed by atoms with Gasteiger partial charge in [0, 0.05) is 0 Å². The average molecular weight is 519 g/mol. The summed E-state index contributed by atoms with van der Waals surface area (Å²) in [6.45, 7) is 36.6. The van der Waals surface area contributed by atoms with Gasteiger partial charge in [0.15, 0.2) is 0 Å². The molecular weight excluding hydrogens is 456 g/mol. The average Bonchev–Trinajstić information content (AvgIpc) is 2.54. The molecule has 0 aliphatic heterocycles. The lowest BCUT2D eigenvalue weighted by atomic mass is 9.81. The van der Waals surface area contributed by atoms with Crippen LogP contribution in [-0.4, -0.2) is 70.2 Å². The molecule has 0 amide bonds. The maximum absolute atomic E-state index is 11.7. The first-order chi connectivity index (χ1) is 15.5. The van der Waals surface area contributed by atoms with Crippen molar-refractivity contribution in [1.29, 1.82) is 0 Å². The molecule has 36 heavy (non-hydrogen) atoms. The number of ether oxygens (including phenoxy) is 5. The molecule has 5 atom stereocenters. The molecule has 0 aromatic carbocycles. The summed E-state index contributed by atoms with van der Waals surface area (Å²) in [5.74, 6) is 0. The Bertz CT molecular complexity index is 631. The monoisotopic (exact) mass is 518 g/mol. The Morgan fingerprint density at radius 1 is 0.444 bits per heavy atom. The summed E-state index contributed by atoms with van der Waals surface area (Å²) in [6.07, 6.45) is -3.22. The van der Waals surface area contributed by atoms with Crippen LogP contribution >= 0.6 is 0 Å². The van der Waals surface area contributed by atoms with Crippen molar-refractivity contribution in [3.05, 3.63) is 0 Å². The minimum absolute atomic E-state index is 0.305. The van der Waals surface area contributed by atoms with Crippen molar-refractivity contribution in [2.75, 3.05) is 6.61 Å². The number of aliphatic hydroxyl groups excluding tert-OH is 1. The van der Waals surface area contributed by atoms with Crippen molar-refractivity contribution in [2.45, 2.75) is 183 Å². The highest BCUT2D eigenvalue weighted by atomic mass is 16.6. The van der Waals surface area contributed by atoms with Crippen molar-refractivity contribution in [2.24, 2.45) is 5.41 Å². The maximum atomic E-state index is 11.7. The van der Waals surface area contributed by atoms with Gasteiger partial charge in [-0.05, 0) is 109 Å². The first kappa shape index (κ1) is 35.8. The Balaban J connectivity index is 7.04. The normalized spacial score (nSPS) is 19.1. The zero-order valence-electron chi connectivity index (χ0n) is 27.1. The quantitative estimate of drug-likeness (QED) is 0.338. The minimum atomic E-state index is -0.825. The first-order valence-corrected chi connectivity index (χ1v) is 13.5. The standard InChI is InChI=1S/C30H62O6/c1-25(2,3)24(31)23(36-30(16,17)18)22(35-29(13,14)15)21(34-28(10,11)12)20(33-27(7,8)9)19-32-26(4,5)6/h20-24,31H,19H2,1-18H3. The highest BCUT2D eigenvalue weighted by molar-refractivity contribution is 4.97. The van der Waals surface area contributed by atoms with Crippen LogP contribution in [0.15, 0.2) is 0 Å². The highest BCUT2D eigenvalue weighted by Gasteiger charge is 2.49. The van der Waals surface area contributed by atoms with Gasteiger partial charge in [-0.2, -0.15) is 0 Å². The lowest BCUT2D eigenvalue weighted by molar-refractivity contribution is -0.276. The second-order valence-electron chi connectivity index (χ2n) is 16.1. The molecule has 1 N–H and O–H groups in total. The zero-order valence-corrected chi connectivity index (χ0v) is 27.1. The Kier molecular flexibility index (Phi) is 12.2. The van der Waals surface area contributed by atoms with E-state index in [2.05, 4.69) is 0 Å². The van der Waals surface area contributed by atoms with Crippen LogP contribution in [0.25, 0.3) is 0 Å². The van der Waals surface area contributed by atoms with Gasteiger partial charge in [-0.1, -0.05) is 20.8 Å². The predicted octanol–water partition coefficient (Wildman–Crippen LogP) is 6.94. The van der Waals surface area contributed by atoms with E-state index in [0.29, 0.717) is 6.61 Å². The Morgan fingerprint density at radius 2 is 0.778 bits per heavy atom.